The Morgan fingerprint density at radius 2 is 1.68 bits per heavy atom. The number of benzene rings is 2. The Hall–Kier alpha value is -0.690. The topological polar surface area (TPSA) is 12.0 Å². The highest BCUT2D eigenvalue weighted by Gasteiger charge is 2.33. The fourth-order valence-corrected chi connectivity index (χ4v) is 3.62. The number of rotatable bonds is 4. The summed E-state index contributed by atoms with van der Waals surface area (Å²) in [6, 6.07) is 8.50. The molecular formula is C14H10Cl2F3NS2. The van der Waals surface area contributed by atoms with Crippen molar-refractivity contribution in [1.29, 1.82) is 0 Å². The van der Waals surface area contributed by atoms with Gasteiger partial charge in [0.2, 0.25) is 0 Å². The van der Waals surface area contributed by atoms with Crippen molar-refractivity contribution in [1.82, 2.24) is 0 Å². The average Bonchev–Trinajstić information content (AvgIpc) is 2.42. The van der Waals surface area contributed by atoms with Crippen LogP contribution in [-0.4, -0.2) is 5.88 Å². The molecule has 0 atom stereocenters. The molecule has 2 aromatic rings. The second-order valence-electron chi connectivity index (χ2n) is 4.20. The molecule has 1 nitrogen and oxygen atoms in total. The lowest BCUT2D eigenvalue weighted by atomic mass is 10.2. The fraction of sp³-hybridized carbons (Fsp3) is 0.143. The number of anilines is 1. The first-order valence-electron chi connectivity index (χ1n) is 6.00. The smallest absolute Gasteiger partial charge is 0.376 e. The summed E-state index contributed by atoms with van der Waals surface area (Å²) in [4.78, 5) is 0.429. The molecule has 0 aromatic heterocycles. The Morgan fingerprint density at radius 3 is 2.23 bits per heavy atom. The Balaban J connectivity index is 2.40. The van der Waals surface area contributed by atoms with E-state index in [0.717, 1.165) is 17.8 Å². The van der Waals surface area contributed by atoms with Crippen molar-refractivity contribution in [3.8, 4) is 0 Å². The van der Waals surface area contributed by atoms with Gasteiger partial charge in [-0.15, -0.1) is 0 Å². The van der Waals surface area contributed by atoms with Gasteiger partial charge >= 0.3 is 6.18 Å². The summed E-state index contributed by atoms with van der Waals surface area (Å²) < 4.78 is 39.1. The average molecular weight is 384 g/mol. The number of halogens is 5. The van der Waals surface area contributed by atoms with Crippen LogP contribution in [0.5, 0.6) is 0 Å². The first kappa shape index (κ1) is 17.7. The van der Waals surface area contributed by atoms with E-state index in [-0.39, 0.29) is 14.9 Å². The molecule has 8 heteroatoms. The molecule has 0 spiro atoms. The number of alkyl halides is 3. The second-order valence-corrected chi connectivity index (χ2v) is 6.38. The summed E-state index contributed by atoms with van der Waals surface area (Å²) in [5.74, 6) is 0.385. The second kappa shape index (κ2) is 7.25. The highest BCUT2D eigenvalue weighted by Crippen LogP contribution is 2.44. The Morgan fingerprint density at radius 1 is 1.09 bits per heavy atom. The lowest BCUT2D eigenvalue weighted by Gasteiger charge is -2.14. The van der Waals surface area contributed by atoms with Crippen LogP contribution in [0, 0.1) is 0 Å². The van der Waals surface area contributed by atoms with Crippen molar-refractivity contribution in [3.05, 3.63) is 52.0 Å². The lowest BCUT2D eigenvalue weighted by molar-refractivity contribution is -0.139. The third kappa shape index (κ3) is 4.19. The van der Waals surface area contributed by atoms with Crippen LogP contribution in [0.25, 0.3) is 0 Å². The molecule has 0 saturated carbocycles. The van der Waals surface area contributed by atoms with E-state index >= 15 is 0 Å². The molecule has 1 N–H and O–H groups in total. The summed E-state index contributed by atoms with van der Waals surface area (Å²) in [5.41, 5.74) is -0.0665. The van der Waals surface area contributed by atoms with Crippen LogP contribution in [0.15, 0.2) is 46.2 Å². The molecule has 0 saturated heterocycles. The molecule has 0 aliphatic heterocycles. The van der Waals surface area contributed by atoms with Gasteiger partial charge in [0.1, 0.15) is 0 Å². The predicted molar refractivity (Wildman–Crippen MR) is 89.5 cm³/mol. The van der Waals surface area contributed by atoms with Gasteiger partial charge in [0.15, 0.2) is 0 Å². The third-order valence-corrected chi connectivity index (χ3v) is 4.88. The van der Waals surface area contributed by atoms with E-state index in [1.807, 2.05) is 0 Å². The van der Waals surface area contributed by atoms with Crippen LogP contribution >= 0.6 is 47.6 Å². The quantitative estimate of drug-likeness (QED) is 0.463. The molecule has 22 heavy (non-hydrogen) atoms. The molecule has 118 valence electrons. The molecule has 0 bridgehead atoms. The van der Waals surface area contributed by atoms with E-state index in [4.69, 9.17) is 23.2 Å². The highest BCUT2D eigenvalue weighted by atomic mass is 35.5. The van der Waals surface area contributed by atoms with Gasteiger partial charge in [-0.3, -0.25) is 0 Å². The van der Waals surface area contributed by atoms with Gasteiger partial charge < -0.3 is 5.32 Å². The van der Waals surface area contributed by atoms with Gasteiger partial charge in [-0.2, -0.15) is 25.8 Å². The summed E-state index contributed by atoms with van der Waals surface area (Å²) in [5, 5.41) is 3.48. The molecule has 0 aliphatic rings. The molecule has 0 aliphatic carbocycles. The third-order valence-electron chi connectivity index (χ3n) is 2.69. The summed E-state index contributed by atoms with van der Waals surface area (Å²) in [7, 11) is 0. The maximum absolute atomic E-state index is 13.0. The van der Waals surface area contributed by atoms with Gasteiger partial charge in [-0.25, -0.2) is 0 Å². The van der Waals surface area contributed by atoms with E-state index in [2.05, 4.69) is 17.9 Å². The maximum Gasteiger partial charge on any atom is 0.417 e. The molecule has 2 aromatic carbocycles. The number of hydrogen-bond donors (Lipinski definition) is 2. The van der Waals surface area contributed by atoms with Crippen LogP contribution in [0.2, 0.25) is 10.0 Å². The molecule has 0 radical (unpaired) electrons. The van der Waals surface area contributed by atoms with Crippen LogP contribution in [0.3, 0.4) is 0 Å². The first-order valence-corrected chi connectivity index (χ1v) is 8.21. The standard InChI is InChI=1S/C14H10Cl2F3NS2/c15-10-5-8(20-7-21)6-11(16)13(10)22-12-4-2-1-3-9(12)14(17,18)19/h1-6,20-21H,7H2. The maximum atomic E-state index is 13.0. The van der Waals surface area contributed by atoms with Gasteiger partial charge in [-0.1, -0.05) is 47.1 Å². The zero-order chi connectivity index (χ0) is 16.3. The van der Waals surface area contributed by atoms with Crippen LogP contribution in [-0.2, 0) is 6.18 Å². The monoisotopic (exact) mass is 383 g/mol. The largest absolute Gasteiger partial charge is 0.417 e. The van der Waals surface area contributed by atoms with E-state index in [1.54, 1.807) is 12.1 Å². The minimum atomic E-state index is -4.43. The first-order chi connectivity index (χ1) is 10.3. The van der Waals surface area contributed by atoms with E-state index in [0.29, 0.717) is 16.5 Å². The van der Waals surface area contributed by atoms with Crippen molar-refractivity contribution in [2.24, 2.45) is 0 Å². The van der Waals surface area contributed by atoms with Crippen LogP contribution in [0.1, 0.15) is 5.56 Å². The van der Waals surface area contributed by atoms with E-state index < -0.39 is 11.7 Å². The number of thiol groups is 1. The molecule has 0 fully saturated rings. The zero-order valence-electron chi connectivity index (χ0n) is 10.9. The van der Waals surface area contributed by atoms with Crippen molar-refractivity contribution in [2.45, 2.75) is 16.0 Å². The highest BCUT2D eigenvalue weighted by molar-refractivity contribution is 7.99. The van der Waals surface area contributed by atoms with Crippen molar-refractivity contribution in [2.75, 3.05) is 11.2 Å². The SMILES string of the molecule is FC(F)(F)c1ccccc1Sc1c(Cl)cc(NCS)cc1Cl. The van der Waals surface area contributed by atoms with Crippen molar-refractivity contribution in [3.63, 3.8) is 0 Å². The summed E-state index contributed by atoms with van der Waals surface area (Å²) in [6.45, 7) is 0. The van der Waals surface area contributed by atoms with Crippen LogP contribution in [0.4, 0.5) is 18.9 Å². The zero-order valence-corrected chi connectivity index (χ0v) is 14.1. The Labute approximate surface area is 145 Å². The fourth-order valence-electron chi connectivity index (χ4n) is 1.75. The van der Waals surface area contributed by atoms with Gasteiger partial charge in [-0.05, 0) is 24.3 Å². The predicted octanol–water partition coefficient (Wildman–Crippen LogP) is 6.46. The summed E-state index contributed by atoms with van der Waals surface area (Å²) >= 11 is 17.2. The minimum Gasteiger partial charge on any atom is -0.376 e. The van der Waals surface area contributed by atoms with E-state index in [9.17, 15) is 13.2 Å². The minimum absolute atomic E-state index is 0.0497. The Bertz CT molecular complexity index is 654. The molecule has 0 unspecified atom stereocenters. The molecule has 0 amide bonds. The van der Waals surface area contributed by atoms with Gasteiger partial charge in [0, 0.05) is 15.5 Å². The molecule has 0 heterocycles. The van der Waals surface area contributed by atoms with Crippen molar-refractivity contribution >= 4 is 53.3 Å². The molecular weight excluding hydrogens is 374 g/mol. The van der Waals surface area contributed by atoms with E-state index in [1.165, 1.54) is 18.2 Å². The normalized spacial score (nSPS) is 11.5. The Kier molecular flexibility index (Phi) is 5.82. The van der Waals surface area contributed by atoms with Gasteiger partial charge in [0.25, 0.3) is 0 Å². The summed E-state index contributed by atoms with van der Waals surface area (Å²) in [6.07, 6.45) is -4.43. The van der Waals surface area contributed by atoms with Gasteiger partial charge in [0.05, 0.1) is 21.5 Å². The van der Waals surface area contributed by atoms with Crippen molar-refractivity contribution < 1.29 is 13.2 Å². The van der Waals surface area contributed by atoms with Crippen LogP contribution < -0.4 is 5.32 Å². The lowest BCUT2D eigenvalue weighted by Crippen LogP contribution is -2.06. The number of hydrogen-bond acceptors (Lipinski definition) is 3. The number of nitrogens with one attached hydrogen (secondary N) is 1. The molecule has 2 rings (SSSR count).